The Hall–Kier alpha value is -2.18. The van der Waals surface area contributed by atoms with Gasteiger partial charge >= 0.3 is 6.01 Å². The Morgan fingerprint density at radius 1 is 1.29 bits per heavy atom. The summed E-state index contributed by atoms with van der Waals surface area (Å²) < 4.78 is 6.62. The minimum Gasteiger partial charge on any atom is -0.463 e. The van der Waals surface area contributed by atoms with Crippen molar-refractivity contribution in [3.05, 3.63) is 17.6 Å². The molecular weight excluding hydrogens is 220 g/mol. The zero-order chi connectivity index (χ0) is 12.4. The number of nitrogens with two attached hydrogens (primary N) is 1. The Labute approximate surface area is 98.7 Å². The molecule has 0 amide bonds. The maximum Gasteiger partial charge on any atom is 0.337 e. The van der Waals surface area contributed by atoms with Crippen molar-refractivity contribution in [2.24, 2.45) is 0 Å². The van der Waals surface area contributed by atoms with Crippen LogP contribution < -0.4 is 10.5 Å². The van der Waals surface area contributed by atoms with E-state index >= 15 is 0 Å². The smallest absolute Gasteiger partial charge is 0.337 e. The van der Waals surface area contributed by atoms with Gasteiger partial charge in [-0.2, -0.15) is 9.67 Å². The van der Waals surface area contributed by atoms with Crippen LogP contribution in [0, 0.1) is 13.8 Å². The first-order valence-corrected chi connectivity index (χ1v) is 5.28. The van der Waals surface area contributed by atoms with Crippen molar-refractivity contribution >= 4 is 5.95 Å². The van der Waals surface area contributed by atoms with Gasteiger partial charge in [0.1, 0.15) is 5.82 Å². The fraction of sp³-hybridized carbons (Fsp3) is 0.400. The Kier molecular flexibility index (Phi) is 2.90. The van der Waals surface area contributed by atoms with Crippen LogP contribution in [0.25, 0.3) is 5.82 Å². The Balaban J connectivity index is 2.44. The molecule has 0 saturated carbocycles. The molecule has 7 nitrogen and oxygen atoms in total. The molecule has 0 saturated heterocycles. The van der Waals surface area contributed by atoms with Gasteiger partial charge in [0.2, 0.25) is 5.95 Å². The van der Waals surface area contributed by atoms with Crippen LogP contribution in [-0.2, 0) is 0 Å². The van der Waals surface area contributed by atoms with E-state index in [4.69, 9.17) is 10.5 Å². The zero-order valence-corrected chi connectivity index (χ0v) is 10.0. The van der Waals surface area contributed by atoms with Gasteiger partial charge in [-0.3, -0.25) is 0 Å². The van der Waals surface area contributed by atoms with Gasteiger partial charge in [0, 0.05) is 11.8 Å². The maximum absolute atomic E-state index is 5.75. The molecule has 2 aromatic rings. The number of anilines is 1. The Bertz CT molecular complexity index is 515. The van der Waals surface area contributed by atoms with Crippen LogP contribution in [0.3, 0.4) is 0 Å². The second-order valence-electron chi connectivity index (χ2n) is 3.51. The number of nitrogens with zero attached hydrogens (tertiary/aromatic N) is 5. The summed E-state index contributed by atoms with van der Waals surface area (Å²) in [4.78, 5) is 12.4. The third kappa shape index (κ3) is 2.32. The molecule has 7 heteroatoms. The molecule has 2 aromatic heterocycles. The number of hydrogen-bond acceptors (Lipinski definition) is 6. The van der Waals surface area contributed by atoms with Crippen molar-refractivity contribution in [3.63, 3.8) is 0 Å². The second kappa shape index (κ2) is 4.36. The number of aryl methyl sites for hydroxylation is 2. The van der Waals surface area contributed by atoms with Gasteiger partial charge in [-0.25, -0.2) is 9.97 Å². The fourth-order valence-electron chi connectivity index (χ4n) is 1.47. The molecule has 0 bridgehead atoms. The molecule has 0 spiro atoms. The number of nitrogen functional groups attached to an aromatic ring is 1. The van der Waals surface area contributed by atoms with Gasteiger partial charge in [0.05, 0.1) is 6.61 Å². The molecule has 17 heavy (non-hydrogen) atoms. The number of hydrogen-bond donors (Lipinski definition) is 1. The molecule has 0 aliphatic rings. The van der Waals surface area contributed by atoms with Crippen LogP contribution in [0.1, 0.15) is 18.4 Å². The molecule has 0 atom stereocenters. The van der Waals surface area contributed by atoms with Crippen LogP contribution in [0.15, 0.2) is 6.07 Å². The standard InChI is InChI=1S/C10H14N6O/c1-4-17-10-14-9(11)16(15-10)8-5-6(2)12-7(3)13-8/h5H,4H2,1-3H3,(H2,11,14,15). The largest absolute Gasteiger partial charge is 0.463 e. The quantitative estimate of drug-likeness (QED) is 0.838. The lowest BCUT2D eigenvalue weighted by atomic mass is 10.4. The van der Waals surface area contributed by atoms with Crippen LogP contribution in [0.5, 0.6) is 6.01 Å². The number of rotatable bonds is 3. The molecule has 0 unspecified atom stereocenters. The summed E-state index contributed by atoms with van der Waals surface area (Å²) >= 11 is 0. The molecule has 0 aliphatic carbocycles. The third-order valence-corrected chi connectivity index (χ3v) is 2.06. The minimum absolute atomic E-state index is 0.242. The van der Waals surface area contributed by atoms with E-state index in [2.05, 4.69) is 20.1 Å². The predicted octanol–water partition coefficient (Wildman–Crippen LogP) is 0.655. The topological polar surface area (TPSA) is 91.7 Å². The average molecular weight is 234 g/mol. The van der Waals surface area contributed by atoms with E-state index in [1.54, 1.807) is 6.07 Å². The summed E-state index contributed by atoms with van der Waals surface area (Å²) in [5, 5.41) is 4.12. The van der Waals surface area contributed by atoms with E-state index in [0.717, 1.165) is 5.69 Å². The van der Waals surface area contributed by atoms with Crippen LogP contribution in [0.4, 0.5) is 5.95 Å². The van der Waals surface area contributed by atoms with Crippen LogP contribution in [-0.4, -0.2) is 31.3 Å². The van der Waals surface area contributed by atoms with E-state index < -0.39 is 0 Å². The van der Waals surface area contributed by atoms with Crippen molar-refractivity contribution in [3.8, 4) is 11.8 Å². The highest BCUT2D eigenvalue weighted by Gasteiger charge is 2.11. The molecule has 0 radical (unpaired) electrons. The van der Waals surface area contributed by atoms with Crippen LogP contribution in [0.2, 0.25) is 0 Å². The van der Waals surface area contributed by atoms with Crippen molar-refractivity contribution in [2.45, 2.75) is 20.8 Å². The van der Waals surface area contributed by atoms with E-state index in [1.165, 1.54) is 4.68 Å². The molecular formula is C10H14N6O. The lowest BCUT2D eigenvalue weighted by Gasteiger charge is -2.03. The van der Waals surface area contributed by atoms with Gasteiger partial charge in [0.15, 0.2) is 5.82 Å². The minimum atomic E-state index is 0.242. The van der Waals surface area contributed by atoms with Gasteiger partial charge in [0.25, 0.3) is 0 Å². The highest BCUT2D eigenvalue weighted by molar-refractivity contribution is 5.33. The van der Waals surface area contributed by atoms with E-state index in [9.17, 15) is 0 Å². The molecule has 2 rings (SSSR count). The van der Waals surface area contributed by atoms with Gasteiger partial charge in [-0.15, -0.1) is 5.10 Å². The van der Waals surface area contributed by atoms with E-state index in [-0.39, 0.29) is 12.0 Å². The highest BCUT2D eigenvalue weighted by Crippen LogP contribution is 2.13. The SMILES string of the molecule is CCOc1nc(N)n(-c2cc(C)nc(C)n2)n1. The summed E-state index contributed by atoms with van der Waals surface area (Å²) in [6.07, 6.45) is 0. The summed E-state index contributed by atoms with van der Waals surface area (Å²) in [5.74, 6) is 1.49. The fourth-order valence-corrected chi connectivity index (χ4v) is 1.47. The van der Waals surface area contributed by atoms with E-state index in [1.807, 2.05) is 20.8 Å². The summed E-state index contributed by atoms with van der Waals surface area (Å²) in [6, 6.07) is 2.03. The molecule has 0 aliphatic heterocycles. The molecule has 2 N–H and O–H groups in total. The normalized spacial score (nSPS) is 10.5. The molecule has 0 aromatic carbocycles. The summed E-state index contributed by atoms with van der Waals surface area (Å²) in [5.41, 5.74) is 6.60. The van der Waals surface area contributed by atoms with Crippen molar-refractivity contribution in [1.82, 2.24) is 24.7 Å². The molecule has 2 heterocycles. The maximum atomic E-state index is 5.75. The van der Waals surface area contributed by atoms with Crippen molar-refractivity contribution < 1.29 is 4.74 Å². The van der Waals surface area contributed by atoms with E-state index in [0.29, 0.717) is 18.2 Å². The van der Waals surface area contributed by atoms with Crippen molar-refractivity contribution in [1.29, 1.82) is 0 Å². The first-order valence-electron chi connectivity index (χ1n) is 5.28. The second-order valence-corrected chi connectivity index (χ2v) is 3.51. The average Bonchev–Trinajstić information content (AvgIpc) is 2.58. The molecule has 90 valence electrons. The van der Waals surface area contributed by atoms with Gasteiger partial charge in [-0.1, -0.05) is 0 Å². The first kappa shape index (κ1) is 11.3. The highest BCUT2D eigenvalue weighted by atomic mass is 16.5. The summed E-state index contributed by atoms with van der Waals surface area (Å²) in [7, 11) is 0. The first-order chi connectivity index (χ1) is 8.10. The van der Waals surface area contributed by atoms with Gasteiger partial charge < -0.3 is 10.5 Å². The number of aromatic nitrogens is 5. The lowest BCUT2D eigenvalue weighted by Crippen LogP contribution is -2.07. The monoisotopic (exact) mass is 234 g/mol. The predicted molar refractivity (Wildman–Crippen MR) is 62.0 cm³/mol. The Morgan fingerprint density at radius 3 is 2.71 bits per heavy atom. The van der Waals surface area contributed by atoms with Crippen LogP contribution >= 0.6 is 0 Å². The van der Waals surface area contributed by atoms with Gasteiger partial charge in [-0.05, 0) is 20.8 Å². The Morgan fingerprint density at radius 2 is 2.06 bits per heavy atom. The van der Waals surface area contributed by atoms with Crippen molar-refractivity contribution in [2.75, 3.05) is 12.3 Å². The zero-order valence-electron chi connectivity index (χ0n) is 10.0. The number of ether oxygens (including phenoxy) is 1. The third-order valence-electron chi connectivity index (χ3n) is 2.06. The lowest BCUT2D eigenvalue weighted by molar-refractivity contribution is 0.312. The molecule has 0 fully saturated rings. The summed E-state index contributed by atoms with van der Waals surface area (Å²) in [6.45, 7) is 6.04.